The van der Waals surface area contributed by atoms with Crippen LogP contribution in [0.2, 0.25) is 0 Å². The number of benzene rings is 1. The molecule has 0 saturated carbocycles. The van der Waals surface area contributed by atoms with Gasteiger partial charge in [-0.15, -0.1) is 0 Å². The number of hydrogen-bond acceptors (Lipinski definition) is 5. The molecular weight excluding hydrogens is 260 g/mol. The molecule has 0 aliphatic heterocycles. The number of aliphatic carboxylic acids is 1. The predicted molar refractivity (Wildman–Crippen MR) is 71.5 cm³/mol. The minimum absolute atomic E-state index is 0.158. The molecule has 1 aliphatic rings. The van der Waals surface area contributed by atoms with E-state index in [2.05, 4.69) is 0 Å². The molecule has 20 heavy (non-hydrogen) atoms. The molecule has 0 saturated heterocycles. The van der Waals surface area contributed by atoms with Gasteiger partial charge in [0.15, 0.2) is 0 Å². The van der Waals surface area contributed by atoms with Crippen LogP contribution in [-0.2, 0) is 20.7 Å². The molecule has 0 spiro atoms. The fraction of sp³-hybridized carbons (Fsp3) is 0.286. The molecule has 0 aromatic heterocycles. The second-order valence-electron chi connectivity index (χ2n) is 4.66. The highest BCUT2D eigenvalue weighted by molar-refractivity contribution is 5.90. The largest absolute Gasteiger partial charge is 0.478 e. The maximum Gasteiger partial charge on any atom is 0.331 e. The zero-order valence-corrected chi connectivity index (χ0v) is 11.0. The van der Waals surface area contributed by atoms with Crippen molar-refractivity contribution < 1.29 is 19.4 Å². The normalized spacial score (nSPS) is 21.1. The van der Waals surface area contributed by atoms with E-state index in [9.17, 15) is 9.59 Å². The van der Waals surface area contributed by atoms with Gasteiger partial charge in [0.05, 0.1) is 6.04 Å². The lowest BCUT2D eigenvalue weighted by atomic mass is 10.1. The number of hydrazine groups is 1. The molecule has 0 amide bonds. The number of carboxylic acid groups (broad SMARTS) is 1. The third-order valence-electron chi connectivity index (χ3n) is 3.27. The SMILES string of the molecule is CN(N)[C@H]1Cc2ccccc2[C@H]1OC(=O)/C=C\C(=O)O. The average Bonchev–Trinajstić information content (AvgIpc) is 2.76. The number of nitrogens with zero attached hydrogens (tertiary/aromatic N) is 1. The maximum absolute atomic E-state index is 11.6. The molecule has 106 valence electrons. The highest BCUT2D eigenvalue weighted by Crippen LogP contribution is 2.35. The minimum Gasteiger partial charge on any atom is -0.478 e. The zero-order chi connectivity index (χ0) is 14.7. The molecule has 0 unspecified atom stereocenters. The average molecular weight is 276 g/mol. The summed E-state index contributed by atoms with van der Waals surface area (Å²) < 4.78 is 5.35. The van der Waals surface area contributed by atoms with Crippen molar-refractivity contribution in [3.8, 4) is 0 Å². The monoisotopic (exact) mass is 276 g/mol. The van der Waals surface area contributed by atoms with E-state index >= 15 is 0 Å². The summed E-state index contributed by atoms with van der Waals surface area (Å²) in [7, 11) is 1.71. The van der Waals surface area contributed by atoms with E-state index in [0.29, 0.717) is 6.42 Å². The third kappa shape index (κ3) is 3.04. The Morgan fingerprint density at radius 2 is 2.10 bits per heavy atom. The molecule has 1 aliphatic carbocycles. The number of rotatable bonds is 4. The van der Waals surface area contributed by atoms with Crippen molar-refractivity contribution in [1.29, 1.82) is 0 Å². The lowest BCUT2D eigenvalue weighted by Crippen LogP contribution is -2.41. The Balaban J connectivity index is 2.19. The number of carboxylic acids is 1. The fourth-order valence-corrected chi connectivity index (χ4v) is 2.34. The molecular formula is C14H16N2O4. The number of likely N-dealkylation sites (N-methyl/N-ethyl adjacent to an activating group) is 1. The quantitative estimate of drug-likeness (QED) is 0.363. The van der Waals surface area contributed by atoms with Gasteiger partial charge in [-0.25, -0.2) is 14.6 Å². The van der Waals surface area contributed by atoms with Gasteiger partial charge in [0.1, 0.15) is 6.10 Å². The molecule has 0 fully saturated rings. The lowest BCUT2D eigenvalue weighted by Gasteiger charge is -2.25. The number of carbonyl (C=O) groups excluding carboxylic acids is 1. The maximum atomic E-state index is 11.6. The summed E-state index contributed by atoms with van der Waals surface area (Å²) >= 11 is 0. The summed E-state index contributed by atoms with van der Waals surface area (Å²) in [5.74, 6) is 3.91. The Morgan fingerprint density at radius 3 is 2.75 bits per heavy atom. The van der Waals surface area contributed by atoms with E-state index in [1.165, 1.54) is 5.01 Å². The molecule has 0 radical (unpaired) electrons. The van der Waals surface area contributed by atoms with Crippen LogP contribution < -0.4 is 5.84 Å². The molecule has 2 atom stereocenters. The fourth-order valence-electron chi connectivity index (χ4n) is 2.34. The number of ether oxygens (including phenoxy) is 1. The topological polar surface area (TPSA) is 92.9 Å². The standard InChI is InChI=1S/C14H16N2O4/c1-16(15)11-8-9-4-2-3-5-10(9)14(11)20-13(19)7-6-12(17)18/h2-7,11,14H,8,15H2,1H3,(H,17,18)/b7-6-/t11-,14+/m0/s1. The van der Waals surface area contributed by atoms with Crippen molar-refractivity contribution in [2.24, 2.45) is 5.84 Å². The summed E-state index contributed by atoms with van der Waals surface area (Å²) in [6, 6.07) is 7.48. The van der Waals surface area contributed by atoms with E-state index < -0.39 is 18.0 Å². The van der Waals surface area contributed by atoms with Crippen LogP contribution in [0.5, 0.6) is 0 Å². The zero-order valence-electron chi connectivity index (χ0n) is 11.0. The first kappa shape index (κ1) is 14.2. The van der Waals surface area contributed by atoms with Crippen LogP contribution in [0.25, 0.3) is 0 Å². The van der Waals surface area contributed by atoms with Crippen LogP contribution in [-0.4, -0.2) is 35.1 Å². The molecule has 2 rings (SSSR count). The highest BCUT2D eigenvalue weighted by Gasteiger charge is 2.36. The van der Waals surface area contributed by atoms with Gasteiger partial charge >= 0.3 is 11.9 Å². The number of hydrogen-bond donors (Lipinski definition) is 2. The van der Waals surface area contributed by atoms with Crippen molar-refractivity contribution in [3.63, 3.8) is 0 Å². The number of esters is 1. The first-order chi connectivity index (χ1) is 9.49. The lowest BCUT2D eigenvalue weighted by molar-refractivity contribution is -0.146. The molecule has 1 aromatic rings. The van der Waals surface area contributed by atoms with Crippen LogP contribution in [0.1, 0.15) is 17.2 Å². The molecule has 6 heteroatoms. The van der Waals surface area contributed by atoms with Crippen LogP contribution in [0.4, 0.5) is 0 Å². The first-order valence-electron chi connectivity index (χ1n) is 6.16. The summed E-state index contributed by atoms with van der Waals surface area (Å²) in [6.07, 6.45) is 1.84. The highest BCUT2D eigenvalue weighted by atomic mass is 16.5. The Morgan fingerprint density at radius 1 is 1.40 bits per heavy atom. The van der Waals surface area contributed by atoms with E-state index in [-0.39, 0.29) is 6.04 Å². The summed E-state index contributed by atoms with van der Waals surface area (Å²) in [5.41, 5.74) is 1.99. The van der Waals surface area contributed by atoms with Gasteiger partial charge < -0.3 is 9.84 Å². The van der Waals surface area contributed by atoms with Crippen LogP contribution in [0.15, 0.2) is 36.4 Å². The smallest absolute Gasteiger partial charge is 0.331 e. The van der Waals surface area contributed by atoms with E-state index in [4.69, 9.17) is 15.7 Å². The molecule has 0 bridgehead atoms. The predicted octanol–water partition coefficient (Wildman–Crippen LogP) is 0.642. The second-order valence-corrected chi connectivity index (χ2v) is 4.66. The Hall–Kier alpha value is -2.18. The van der Waals surface area contributed by atoms with Gasteiger partial charge in [-0.2, -0.15) is 0 Å². The molecule has 0 heterocycles. The van der Waals surface area contributed by atoms with E-state index in [1.54, 1.807) is 7.05 Å². The number of carbonyl (C=O) groups is 2. The Bertz CT molecular complexity index is 554. The van der Waals surface area contributed by atoms with Crippen LogP contribution >= 0.6 is 0 Å². The van der Waals surface area contributed by atoms with Crippen LogP contribution in [0.3, 0.4) is 0 Å². The first-order valence-corrected chi connectivity index (χ1v) is 6.16. The summed E-state index contributed by atoms with van der Waals surface area (Å²) in [5, 5.41) is 10.0. The third-order valence-corrected chi connectivity index (χ3v) is 3.27. The van der Waals surface area contributed by atoms with Crippen molar-refractivity contribution in [1.82, 2.24) is 5.01 Å². The Kier molecular flexibility index (Phi) is 4.16. The number of fused-ring (bicyclic) bond motifs is 1. The summed E-state index contributed by atoms with van der Waals surface area (Å²) in [4.78, 5) is 22.0. The van der Waals surface area contributed by atoms with Gasteiger partial charge in [0.2, 0.25) is 0 Å². The number of nitrogens with two attached hydrogens (primary N) is 1. The second kappa shape index (κ2) is 5.85. The van der Waals surface area contributed by atoms with Gasteiger partial charge in [-0.3, -0.25) is 5.84 Å². The van der Waals surface area contributed by atoms with E-state index in [1.807, 2.05) is 24.3 Å². The molecule has 6 nitrogen and oxygen atoms in total. The molecule has 1 aromatic carbocycles. The summed E-state index contributed by atoms with van der Waals surface area (Å²) in [6.45, 7) is 0. The van der Waals surface area contributed by atoms with Crippen molar-refractivity contribution in [2.45, 2.75) is 18.6 Å². The van der Waals surface area contributed by atoms with Gasteiger partial charge in [0.25, 0.3) is 0 Å². The van der Waals surface area contributed by atoms with E-state index in [0.717, 1.165) is 23.3 Å². The van der Waals surface area contributed by atoms with Crippen molar-refractivity contribution >= 4 is 11.9 Å². The van der Waals surface area contributed by atoms with Gasteiger partial charge in [-0.05, 0) is 17.5 Å². The van der Waals surface area contributed by atoms with Crippen LogP contribution in [0, 0.1) is 0 Å². The van der Waals surface area contributed by atoms with Crippen molar-refractivity contribution in [3.05, 3.63) is 47.5 Å². The minimum atomic E-state index is -1.19. The molecule has 3 N–H and O–H groups in total. The van der Waals surface area contributed by atoms with Gasteiger partial charge in [-0.1, -0.05) is 24.3 Å². The van der Waals surface area contributed by atoms with Crippen molar-refractivity contribution in [2.75, 3.05) is 7.05 Å². The van der Waals surface area contributed by atoms with Gasteiger partial charge in [0, 0.05) is 19.2 Å². The Labute approximate surface area is 116 Å².